The molecule has 0 aliphatic rings. The van der Waals surface area contributed by atoms with Crippen LogP contribution < -0.4 is 4.74 Å². The molecule has 0 aromatic heterocycles. The minimum absolute atomic E-state index is 0.170. The summed E-state index contributed by atoms with van der Waals surface area (Å²) >= 11 is 0. The first-order chi connectivity index (χ1) is 14.3. The third kappa shape index (κ3) is 9.65. The van der Waals surface area contributed by atoms with E-state index in [9.17, 15) is 0 Å². The third-order valence-electron chi connectivity index (χ3n) is 4.31. The Morgan fingerprint density at radius 2 is 1.62 bits per heavy atom. The minimum atomic E-state index is -0.170. The van der Waals surface area contributed by atoms with E-state index in [1.165, 1.54) is 32.1 Å². The highest BCUT2D eigenvalue weighted by Crippen LogP contribution is 2.18. The molecular formula is C26H29NO2. The van der Waals surface area contributed by atoms with E-state index in [4.69, 9.17) is 9.84 Å². The van der Waals surface area contributed by atoms with Gasteiger partial charge in [0.15, 0.2) is 0 Å². The zero-order valence-corrected chi connectivity index (χ0v) is 17.2. The number of aliphatic imine (C=N–C) groups is 1. The Hall–Kier alpha value is -3.01. The summed E-state index contributed by atoms with van der Waals surface area (Å²) in [4.78, 5) is 4.51. The molecule has 2 rings (SSSR count). The van der Waals surface area contributed by atoms with E-state index in [0.29, 0.717) is 0 Å². The molecule has 0 aliphatic heterocycles. The Morgan fingerprint density at radius 1 is 0.897 bits per heavy atom. The normalized spacial score (nSPS) is 10.1. The topological polar surface area (TPSA) is 41.8 Å². The summed E-state index contributed by atoms with van der Waals surface area (Å²) in [7, 11) is 0. The van der Waals surface area contributed by atoms with Gasteiger partial charge in [-0.3, -0.25) is 4.99 Å². The molecule has 0 unspecified atom stereocenters. The van der Waals surface area contributed by atoms with Crippen LogP contribution in [0.4, 0.5) is 5.69 Å². The summed E-state index contributed by atoms with van der Waals surface area (Å²) in [5.41, 5.74) is 2.77. The molecular weight excluding hydrogens is 358 g/mol. The summed E-state index contributed by atoms with van der Waals surface area (Å²) < 4.78 is 5.80. The SMILES string of the molecule is CCCCCCCCOc1ccc(N=Cc2ccc(C#CC#CCO)cc2)cc1. The quantitative estimate of drug-likeness (QED) is 0.331. The van der Waals surface area contributed by atoms with Crippen molar-refractivity contribution in [1.82, 2.24) is 0 Å². The summed E-state index contributed by atoms with van der Waals surface area (Å²) in [5.74, 6) is 11.6. The predicted molar refractivity (Wildman–Crippen MR) is 121 cm³/mol. The molecule has 0 heterocycles. The summed E-state index contributed by atoms with van der Waals surface area (Å²) in [6, 6.07) is 15.6. The smallest absolute Gasteiger partial charge is 0.119 e. The van der Waals surface area contributed by atoms with Gasteiger partial charge in [0.25, 0.3) is 0 Å². The van der Waals surface area contributed by atoms with Gasteiger partial charge in [-0.15, -0.1) is 0 Å². The maximum Gasteiger partial charge on any atom is 0.119 e. The average molecular weight is 388 g/mol. The molecule has 0 bridgehead atoms. The fraction of sp³-hybridized carbons (Fsp3) is 0.346. The highest BCUT2D eigenvalue weighted by molar-refractivity contribution is 5.82. The standard InChI is InChI=1S/C26H29NO2/c1-2-3-4-5-6-10-21-29-26-18-16-25(17-19-26)27-22-24-14-12-23(13-15-24)11-8-7-9-20-28/h12-19,22,28H,2-6,10,20-21H2,1H3. The van der Waals surface area contributed by atoms with Gasteiger partial charge in [0, 0.05) is 11.8 Å². The molecule has 0 atom stereocenters. The highest BCUT2D eigenvalue weighted by Gasteiger charge is 1.96. The Bertz CT molecular complexity index is 859. The van der Waals surface area contributed by atoms with E-state index < -0.39 is 0 Å². The van der Waals surface area contributed by atoms with Crippen molar-refractivity contribution in [1.29, 1.82) is 0 Å². The van der Waals surface area contributed by atoms with Crippen molar-refractivity contribution in [2.24, 2.45) is 4.99 Å². The summed E-state index contributed by atoms with van der Waals surface area (Å²) in [6.07, 6.45) is 9.43. The van der Waals surface area contributed by atoms with Crippen LogP contribution in [0.25, 0.3) is 0 Å². The van der Waals surface area contributed by atoms with E-state index >= 15 is 0 Å². The predicted octanol–water partition coefficient (Wildman–Crippen LogP) is 5.52. The Kier molecular flexibility index (Phi) is 10.8. The van der Waals surface area contributed by atoms with Gasteiger partial charge in [0.05, 0.1) is 12.3 Å². The third-order valence-corrected chi connectivity index (χ3v) is 4.31. The average Bonchev–Trinajstić information content (AvgIpc) is 2.76. The molecule has 2 aromatic rings. The van der Waals surface area contributed by atoms with Crippen molar-refractivity contribution in [3.63, 3.8) is 0 Å². The van der Waals surface area contributed by atoms with Crippen LogP contribution in [0.2, 0.25) is 0 Å². The number of hydrogen-bond donors (Lipinski definition) is 1. The molecule has 0 saturated heterocycles. The molecule has 0 spiro atoms. The van der Waals surface area contributed by atoms with Crippen LogP contribution in [0.3, 0.4) is 0 Å². The Morgan fingerprint density at radius 3 is 2.34 bits per heavy atom. The van der Waals surface area contributed by atoms with Crippen LogP contribution in [0.5, 0.6) is 5.75 Å². The number of rotatable bonds is 10. The lowest BCUT2D eigenvalue weighted by Crippen LogP contribution is -1.96. The van der Waals surface area contributed by atoms with Crippen molar-refractivity contribution in [3.05, 3.63) is 59.7 Å². The molecule has 3 nitrogen and oxygen atoms in total. The maximum atomic E-state index is 8.59. The lowest BCUT2D eigenvalue weighted by molar-refractivity contribution is 0.304. The maximum absolute atomic E-state index is 8.59. The number of benzene rings is 2. The number of hydrogen-bond acceptors (Lipinski definition) is 3. The number of ether oxygens (including phenoxy) is 1. The van der Waals surface area contributed by atoms with Gasteiger partial charge < -0.3 is 9.84 Å². The van der Waals surface area contributed by atoms with Crippen LogP contribution in [0.15, 0.2) is 53.5 Å². The molecule has 0 aliphatic carbocycles. The molecule has 150 valence electrons. The first-order valence-electron chi connectivity index (χ1n) is 10.3. The van der Waals surface area contributed by atoms with Crippen LogP contribution in [-0.2, 0) is 0 Å². The zero-order chi connectivity index (χ0) is 20.6. The van der Waals surface area contributed by atoms with Gasteiger partial charge in [-0.2, -0.15) is 0 Å². The van der Waals surface area contributed by atoms with Crippen molar-refractivity contribution in [2.75, 3.05) is 13.2 Å². The second-order valence-electron chi connectivity index (χ2n) is 6.70. The minimum Gasteiger partial charge on any atom is -0.494 e. The van der Waals surface area contributed by atoms with Crippen LogP contribution >= 0.6 is 0 Å². The molecule has 0 fully saturated rings. The monoisotopic (exact) mass is 387 g/mol. The lowest BCUT2D eigenvalue weighted by Gasteiger charge is -2.06. The number of aliphatic hydroxyl groups excluding tert-OH is 1. The van der Waals surface area contributed by atoms with Crippen molar-refractivity contribution in [3.8, 4) is 29.4 Å². The second kappa shape index (κ2) is 14.1. The van der Waals surface area contributed by atoms with E-state index in [1.807, 2.05) is 54.7 Å². The number of nitrogens with zero attached hydrogens (tertiary/aromatic N) is 1. The molecule has 0 amide bonds. The van der Waals surface area contributed by atoms with E-state index in [2.05, 4.69) is 35.6 Å². The van der Waals surface area contributed by atoms with E-state index in [-0.39, 0.29) is 6.61 Å². The Balaban J connectivity index is 1.77. The zero-order valence-electron chi connectivity index (χ0n) is 17.2. The van der Waals surface area contributed by atoms with Crippen molar-refractivity contribution in [2.45, 2.75) is 45.4 Å². The summed E-state index contributed by atoms with van der Waals surface area (Å²) in [6.45, 7) is 2.84. The lowest BCUT2D eigenvalue weighted by atomic mass is 10.1. The van der Waals surface area contributed by atoms with Gasteiger partial charge >= 0.3 is 0 Å². The number of aliphatic hydroxyl groups is 1. The molecule has 1 N–H and O–H groups in total. The van der Waals surface area contributed by atoms with E-state index in [1.54, 1.807) is 0 Å². The van der Waals surface area contributed by atoms with Crippen molar-refractivity contribution < 1.29 is 9.84 Å². The molecule has 0 saturated carbocycles. The van der Waals surface area contributed by atoms with Crippen LogP contribution in [0.1, 0.15) is 56.6 Å². The highest BCUT2D eigenvalue weighted by atomic mass is 16.5. The largest absolute Gasteiger partial charge is 0.494 e. The molecule has 29 heavy (non-hydrogen) atoms. The number of unbranched alkanes of at least 4 members (excludes halogenated alkanes) is 5. The summed E-state index contributed by atoms with van der Waals surface area (Å²) in [5, 5.41) is 8.59. The van der Waals surface area contributed by atoms with Gasteiger partial charge in [-0.05, 0) is 60.2 Å². The van der Waals surface area contributed by atoms with Gasteiger partial charge in [0.1, 0.15) is 12.4 Å². The fourth-order valence-electron chi connectivity index (χ4n) is 2.69. The Labute approximate surface area is 174 Å². The molecule has 3 heteroatoms. The van der Waals surface area contributed by atoms with Crippen LogP contribution in [-0.4, -0.2) is 24.5 Å². The van der Waals surface area contributed by atoms with Gasteiger partial charge in [-0.1, -0.05) is 63.0 Å². The van der Waals surface area contributed by atoms with Gasteiger partial charge in [-0.25, -0.2) is 0 Å². The first-order valence-corrected chi connectivity index (χ1v) is 10.3. The van der Waals surface area contributed by atoms with E-state index in [0.717, 1.165) is 35.6 Å². The first kappa shape index (κ1) is 22.3. The van der Waals surface area contributed by atoms with Crippen LogP contribution in [0, 0.1) is 23.7 Å². The molecule has 0 radical (unpaired) electrons. The van der Waals surface area contributed by atoms with Gasteiger partial charge in [0.2, 0.25) is 0 Å². The second-order valence-corrected chi connectivity index (χ2v) is 6.70. The van der Waals surface area contributed by atoms with Crippen molar-refractivity contribution >= 4 is 11.9 Å². The fourth-order valence-corrected chi connectivity index (χ4v) is 2.69. The molecule has 2 aromatic carbocycles.